The van der Waals surface area contributed by atoms with Gasteiger partial charge in [0.1, 0.15) is 0 Å². The van der Waals surface area contributed by atoms with Crippen molar-refractivity contribution < 1.29 is 4.79 Å². The Bertz CT molecular complexity index is 616. The first-order chi connectivity index (χ1) is 14.3. The summed E-state index contributed by atoms with van der Waals surface area (Å²) in [5.74, 6) is 6.69. The normalized spacial score (nSPS) is 46.4. The van der Waals surface area contributed by atoms with Crippen LogP contribution in [0.2, 0.25) is 0 Å². The monoisotopic (exact) mass is 415 g/mol. The van der Waals surface area contributed by atoms with Gasteiger partial charge in [-0.15, -0.1) is 0 Å². The average molecular weight is 416 g/mol. The minimum atomic E-state index is 0.268. The third kappa shape index (κ3) is 3.88. The highest BCUT2D eigenvalue weighted by Crippen LogP contribution is 2.68. The number of fused-ring (bicyclic) bond motifs is 5. The second-order valence-electron chi connectivity index (χ2n) is 12.6. The van der Waals surface area contributed by atoms with Crippen LogP contribution in [0.5, 0.6) is 0 Å². The van der Waals surface area contributed by atoms with Crippen LogP contribution in [0.15, 0.2) is 0 Å². The molecular formula is C28H49NO. The number of carbonyl (C=O) groups is 1. The third-order valence-electron chi connectivity index (χ3n) is 11.1. The molecule has 0 aromatic carbocycles. The molecule has 1 amide bonds. The van der Waals surface area contributed by atoms with Crippen LogP contribution >= 0.6 is 0 Å². The first-order valence-electron chi connectivity index (χ1n) is 13.6. The Morgan fingerprint density at radius 3 is 2.50 bits per heavy atom. The summed E-state index contributed by atoms with van der Waals surface area (Å²) in [5, 5.41) is 3.08. The maximum absolute atomic E-state index is 12.2. The maximum atomic E-state index is 12.2. The highest BCUT2D eigenvalue weighted by atomic mass is 16.1. The molecule has 0 spiro atoms. The van der Waals surface area contributed by atoms with Crippen molar-refractivity contribution in [3.8, 4) is 0 Å². The number of nitrogens with one attached hydrogen (secondary N) is 1. The Morgan fingerprint density at radius 2 is 1.73 bits per heavy atom. The smallest absolute Gasteiger partial charge is 0.220 e. The van der Waals surface area contributed by atoms with Crippen molar-refractivity contribution in [3.63, 3.8) is 0 Å². The average Bonchev–Trinajstić information content (AvgIpc) is 3.08. The summed E-state index contributed by atoms with van der Waals surface area (Å²) in [6, 6.07) is 0. The lowest BCUT2D eigenvalue weighted by Gasteiger charge is -2.61. The van der Waals surface area contributed by atoms with Crippen LogP contribution < -0.4 is 5.32 Å². The van der Waals surface area contributed by atoms with Gasteiger partial charge in [0.2, 0.25) is 5.91 Å². The highest BCUT2D eigenvalue weighted by Gasteiger charge is 2.60. The molecule has 30 heavy (non-hydrogen) atoms. The van der Waals surface area contributed by atoms with Gasteiger partial charge in [-0.3, -0.25) is 4.79 Å². The van der Waals surface area contributed by atoms with Gasteiger partial charge in [-0.05, 0) is 116 Å². The number of carbonyl (C=O) groups excluding carboxylic acids is 1. The van der Waals surface area contributed by atoms with Crippen molar-refractivity contribution in [2.45, 2.75) is 112 Å². The van der Waals surface area contributed by atoms with E-state index in [9.17, 15) is 4.79 Å². The van der Waals surface area contributed by atoms with Gasteiger partial charge in [-0.1, -0.05) is 41.0 Å². The van der Waals surface area contributed by atoms with Gasteiger partial charge in [-0.2, -0.15) is 0 Å². The van der Waals surface area contributed by atoms with Crippen molar-refractivity contribution in [1.29, 1.82) is 0 Å². The van der Waals surface area contributed by atoms with Crippen LogP contribution in [-0.2, 0) is 4.79 Å². The maximum Gasteiger partial charge on any atom is 0.220 e. The van der Waals surface area contributed by atoms with Crippen LogP contribution in [0.1, 0.15) is 112 Å². The summed E-state index contributed by atoms with van der Waals surface area (Å²) in [6.45, 7) is 13.3. The molecule has 0 saturated heterocycles. The summed E-state index contributed by atoms with van der Waals surface area (Å²) in [6.07, 6.45) is 16.1. The largest absolute Gasteiger partial charge is 0.356 e. The van der Waals surface area contributed by atoms with E-state index in [4.69, 9.17) is 0 Å². The van der Waals surface area contributed by atoms with Gasteiger partial charge in [-0.25, -0.2) is 0 Å². The fourth-order valence-electron chi connectivity index (χ4n) is 9.36. The zero-order chi connectivity index (χ0) is 21.5. The van der Waals surface area contributed by atoms with Crippen LogP contribution in [0.25, 0.3) is 0 Å². The Balaban J connectivity index is 1.42. The van der Waals surface area contributed by atoms with Gasteiger partial charge < -0.3 is 5.32 Å². The minimum Gasteiger partial charge on any atom is -0.356 e. The number of rotatable bonds is 6. The zero-order valence-corrected chi connectivity index (χ0v) is 20.6. The SMILES string of the molecule is CCCNC(=O)CCC(C)C1CCC2C3CCC4CC(C)CC[C@@]4(C)C3CC[C@@]12C. The van der Waals surface area contributed by atoms with Crippen LogP contribution in [-0.4, -0.2) is 12.5 Å². The Kier molecular flexibility index (Phi) is 6.63. The van der Waals surface area contributed by atoms with E-state index in [0.29, 0.717) is 16.7 Å². The summed E-state index contributed by atoms with van der Waals surface area (Å²) in [4.78, 5) is 12.2. The molecule has 0 heterocycles. The lowest BCUT2D eigenvalue weighted by molar-refractivity contribution is -0.123. The molecule has 0 aromatic heterocycles. The van der Waals surface area contributed by atoms with Gasteiger partial charge in [0, 0.05) is 13.0 Å². The van der Waals surface area contributed by atoms with Crippen molar-refractivity contribution >= 4 is 5.91 Å². The molecule has 7 unspecified atom stereocenters. The molecule has 4 saturated carbocycles. The van der Waals surface area contributed by atoms with E-state index < -0.39 is 0 Å². The first kappa shape index (κ1) is 22.7. The van der Waals surface area contributed by atoms with Gasteiger partial charge in [0.05, 0.1) is 0 Å². The van der Waals surface area contributed by atoms with E-state index in [2.05, 4.69) is 39.9 Å². The second kappa shape index (κ2) is 8.78. The van der Waals surface area contributed by atoms with Crippen LogP contribution in [0, 0.1) is 52.3 Å². The molecule has 0 bridgehead atoms. The van der Waals surface area contributed by atoms with E-state index in [1.165, 1.54) is 57.8 Å². The Labute approximate surface area is 186 Å². The van der Waals surface area contributed by atoms with Crippen molar-refractivity contribution in [2.75, 3.05) is 6.54 Å². The fourth-order valence-corrected chi connectivity index (χ4v) is 9.36. The molecule has 0 radical (unpaired) electrons. The molecule has 0 aliphatic heterocycles. The van der Waals surface area contributed by atoms with E-state index >= 15 is 0 Å². The van der Waals surface area contributed by atoms with Gasteiger partial charge >= 0.3 is 0 Å². The highest BCUT2D eigenvalue weighted by molar-refractivity contribution is 5.75. The number of hydrogen-bond donors (Lipinski definition) is 1. The lowest BCUT2D eigenvalue weighted by atomic mass is 9.44. The molecular weight excluding hydrogens is 366 g/mol. The molecule has 4 aliphatic carbocycles. The predicted octanol–water partition coefficient (Wildman–Crippen LogP) is 7.22. The molecule has 2 heteroatoms. The quantitative estimate of drug-likeness (QED) is 0.487. The molecule has 4 fully saturated rings. The molecule has 1 N–H and O–H groups in total. The number of amides is 1. The summed E-state index contributed by atoms with van der Waals surface area (Å²) < 4.78 is 0. The summed E-state index contributed by atoms with van der Waals surface area (Å²) in [5.41, 5.74) is 1.17. The van der Waals surface area contributed by atoms with Crippen molar-refractivity contribution in [3.05, 3.63) is 0 Å². The Morgan fingerprint density at radius 1 is 1.00 bits per heavy atom. The topological polar surface area (TPSA) is 29.1 Å². The lowest BCUT2D eigenvalue weighted by Crippen LogP contribution is -2.53. The van der Waals surface area contributed by atoms with Gasteiger partial charge in [0.15, 0.2) is 0 Å². The van der Waals surface area contributed by atoms with E-state index in [1.54, 1.807) is 0 Å². The summed E-state index contributed by atoms with van der Waals surface area (Å²) >= 11 is 0. The molecule has 0 aromatic rings. The predicted molar refractivity (Wildman–Crippen MR) is 126 cm³/mol. The van der Waals surface area contributed by atoms with Crippen LogP contribution in [0.3, 0.4) is 0 Å². The van der Waals surface area contributed by atoms with Crippen LogP contribution in [0.4, 0.5) is 0 Å². The number of hydrogen-bond acceptors (Lipinski definition) is 1. The summed E-state index contributed by atoms with van der Waals surface area (Å²) in [7, 11) is 0. The molecule has 2 nitrogen and oxygen atoms in total. The second-order valence-corrected chi connectivity index (χ2v) is 12.6. The van der Waals surface area contributed by atoms with E-state index in [-0.39, 0.29) is 5.91 Å². The van der Waals surface area contributed by atoms with Gasteiger partial charge in [0.25, 0.3) is 0 Å². The Hall–Kier alpha value is -0.530. The fraction of sp³-hybridized carbons (Fsp3) is 0.964. The molecule has 172 valence electrons. The standard InChI is InChI=1S/C28H49NO/c1-6-17-29-26(30)12-7-20(3)23-10-11-24-22-9-8-21-18-19(2)13-15-27(21,4)25(22)14-16-28(23,24)5/h19-25H,6-18H2,1-5H3,(H,29,30)/t19?,20?,21?,22?,23?,24?,25?,27-,28+/m1/s1. The first-order valence-corrected chi connectivity index (χ1v) is 13.6. The molecule has 4 rings (SSSR count). The molecule has 9 atom stereocenters. The minimum absolute atomic E-state index is 0.268. The zero-order valence-electron chi connectivity index (χ0n) is 20.6. The van der Waals surface area contributed by atoms with E-state index in [0.717, 1.165) is 61.3 Å². The van der Waals surface area contributed by atoms with Crippen molar-refractivity contribution in [1.82, 2.24) is 5.32 Å². The molecule has 4 aliphatic rings. The van der Waals surface area contributed by atoms with Crippen molar-refractivity contribution in [2.24, 2.45) is 52.3 Å². The third-order valence-corrected chi connectivity index (χ3v) is 11.1. The van der Waals surface area contributed by atoms with E-state index in [1.807, 2.05) is 0 Å².